The smallest absolute Gasteiger partial charge is 0.866 e. The van der Waals surface area contributed by atoms with E-state index in [1.165, 1.54) is 0 Å². The molecule has 96 valence electrons. The van der Waals surface area contributed by atoms with Crippen molar-refractivity contribution in [2.45, 2.75) is 51.7 Å². The van der Waals surface area contributed by atoms with Crippen LogP contribution < -0.4 is 10.2 Å². The van der Waals surface area contributed by atoms with Crippen LogP contribution in [0.25, 0.3) is 0 Å². The zero-order valence-corrected chi connectivity index (χ0v) is 14.1. The SMILES string of the molecule is CCC[C@H](O)C([O-])=S.CCC[C@H](O)C([O-])=S.[Ca+2]. The summed E-state index contributed by atoms with van der Waals surface area (Å²) in [6.45, 7) is 3.78. The van der Waals surface area contributed by atoms with Gasteiger partial charge in [0.05, 0.1) is 12.2 Å². The first-order valence-electron chi connectivity index (χ1n) is 5.14. The Labute approximate surface area is 143 Å². The molecular weight excluding hydrogens is 288 g/mol. The van der Waals surface area contributed by atoms with E-state index in [4.69, 9.17) is 10.2 Å². The zero-order chi connectivity index (χ0) is 13.1. The minimum absolute atomic E-state index is 0. The summed E-state index contributed by atoms with van der Waals surface area (Å²) in [6, 6.07) is 0. The van der Waals surface area contributed by atoms with Crippen molar-refractivity contribution < 1.29 is 20.4 Å². The number of rotatable bonds is 6. The fourth-order valence-corrected chi connectivity index (χ4v) is 1.02. The molecule has 0 heterocycles. The van der Waals surface area contributed by atoms with E-state index in [0.29, 0.717) is 12.8 Å². The van der Waals surface area contributed by atoms with Gasteiger partial charge in [0.2, 0.25) is 0 Å². The quantitative estimate of drug-likeness (QED) is 0.498. The van der Waals surface area contributed by atoms with E-state index < -0.39 is 22.3 Å². The summed E-state index contributed by atoms with van der Waals surface area (Å²) in [6.07, 6.45) is 0.752. The van der Waals surface area contributed by atoms with E-state index in [0.717, 1.165) is 12.8 Å². The van der Waals surface area contributed by atoms with Crippen molar-refractivity contribution >= 4 is 72.3 Å². The van der Waals surface area contributed by atoms with Crippen LogP contribution in [0.2, 0.25) is 0 Å². The molecule has 2 atom stereocenters. The average Bonchev–Trinajstić information content (AvgIpc) is 2.19. The molecule has 0 aromatic rings. The van der Waals surface area contributed by atoms with Crippen molar-refractivity contribution in [2.24, 2.45) is 0 Å². The van der Waals surface area contributed by atoms with E-state index in [1.807, 2.05) is 13.8 Å². The Bertz CT molecular complexity index is 192. The summed E-state index contributed by atoms with van der Waals surface area (Å²) >= 11 is 8.36. The maximum Gasteiger partial charge on any atom is 2.00 e. The fraction of sp³-hybridized carbons (Fsp3) is 0.800. The number of aliphatic hydroxyl groups excluding tert-OH is 2. The molecule has 0 bridgehead atoms. The van der Waals surface area contributed by atoms with Gasteiger partial charge in [-0.05, 0) is 22.9 Å². The van der Waals surface area contributed by atoms with Crippen molar-refractivity contribution in [1.82, 2.24) is 0 Å². The average molecular weight is 306 g/mol. The molecule has 0 spiro atoms. The first kappa shape index (κ1) is 23.1. The second-order valence-electron chi connectivity index (χ2n) is 3.25. The number of thiocarbonyl (C=S) groups is 2. The van der Waals surface area contributed by atoms with Gasteiger partial charge in [-0.15, -0.1) is 0 Å². The topological polar surface area (TPSA) is 86.6 Å². The van der Waals surface area contributed by atoms with Crippen LogP contribution in [0, 0.1) is 0 Å². The van der Waals surface area contributed by atoms with Gasteiger partial charge in [0, 0.05) is 0 Å². The predicted octanol–water partition coefficient (Wildman–Crippen LogP) is -0.711. The van der Waals surface area contributed by atoms with Crippen molar-refractivity contribution in [1.29, 1.82) is 0 Å². The van der Waals surface area contributed by atoms with E-state index in [9.17, 15) is 10.2 Å². The van der Waals surface area contributed by atoms with Crippen LogP contribution in [0.1, 0.15) is 39.5 Å². The molecule has 0 aliphatic carbocycles. The third kappa shape index (κ3) is 17.0. The Hall–Kier alpha value is 0.960. The summed E-state index contributed by atoms with van der Waals surface area (Å²) in [5.41, 5.74) is 0. The third-order valence-electron chi connectivity index (χ3n) is 1.67. The third-order valence-corrected chi connectivity index (χ3v) is 2.21. The fourth-order valence-electron chi connectivity index (χ4n) is 0.783. The second-order valence-corrected chi connectivity index (χ2v) is 4.05. The minimum Gasteiger partial charge on any atom is -0.866 e. The molecule has 0 aliphatic heterocycles. The molecule has 2 N–H and O–H groups in total. The van der Waals surface area contributed by atoms with Crippen LogP contribution in [-0.4, -0.2) is 70.3 Å². The molecule has 0 radical (unpaired) electrons. The summed E-state index contributed by atoms with van der Waals surface area (Å²) in [5.74, 6) is 0. The van der Waals surface area contributed by atoms with Gasteiger partial charge in [-0.1, -0.05) is 51.1 Å². The molecule has 0 aromatic carbocycles. The summed E-state index contributed by atoms with van der Waals surface area (Å²) in [5, 5.41) is 36.4. The van der Waals surface area contributed by atoms with Gasteiger partial charge in [0.15, 0.2) is 0 Å². The molecule has 7 heteroatoms. The van der Waals surface area contributed by atoms with Gasteiger partial charge in [-0.25, -0.2) is 0 Å². The minimum atomic E-state index is -0.907. The van der Waals surface area contributed by atoms with Crippen LogP contribution >= 0.6 is 24.4 Å². The van der Waals surface area contributed by atoms with Gasteiger partial charge < -0.3 is 20.4 Å². The first-order valence-corrected chi connectivity index (χ1v) is 5.96. The van der Waals surface area contributed by atoms with E-state index >= 15 is 0 Å². The van der Waals surface area contributed by atoms with Gasteiger partial charge in [-0.2, -0.15) is 0 Å². The van der Waals surface area contributed by atoms with Crippen LogP contribution in [0.4, 0.5) is 0 Å². The number of hydrogen-bond donors (Lipinski definition) is 2. The van der Waals surface area contributed by atoms with Gasteiger partial charge in [0.25, 0.3) is 0 Å². The van der Waals surface area contributed by atoms with Crippen LogP contribution in [-0.2, 0) is 0 Å². The maximum absolute atomic E-state index is 10.1. The van der Waals surface area contributed by atoms with Gasteiger partial charge in [0.1, 0.15) is 0 Å². The molecular formula is C10H18CaO4S2. The molecule has 0 saturated carbocycles. The monoisotopic (exact) mass is 306 g/mol. The molecule has 0 amide bonds. The van der Waals surface area contributed by atoms with Crippen molar-refractivity contribution in [3.05, 3.63) is 0 Å². The summed E-state index contributed by atoms with van der Waals surface area (Å²) in [7, 11) is 0. The molecule has 17 heavy (non-hydrogen) atoms. The van der Waals surface area contributed by atoms with Crippen LogP contribution in [0.15, 0.2) is 0 Å². The number of aliphatic hydroxyl groups is 2. The second kappa shape index (κ2) is 15.0. The molecule has 0 aliphatic rings. The zero-order valence-electron chi connectivity index (χ0n) is 10.2. The molecule has 0 aromatic heterocycles. The van der Waals surface area contributed by atoms with Crippen LogP contribution in [0.3, 0.4) is 0 Å². The van der Waals surface area contributed by atoms with E-state index in [-0.39, 0.29) is 37.7 Å². The van der Waals surface area contributed by atoms with Crippen LogP contribution in [0.5, 0.6) is 0 Å². The standard InChI is InChI=1S/2C5H10O2S.Ca/c2*1-2-3-4(6)5(7)8;/h2*4,6H,2-3H2,1H3,(H,7,8);/q;;+2/p-2/t2*4-;/m00./s1. The number of hydrogen-bond acceptors (Lipinski definition) is 6. The molecule has 0 fully saturated rings. The van der Waals surface area contributed by atoms with Gasteiger partial charge in [-0.3, -0.25) is 0 Å². The van der Waals surface area contributed by atoms with E-state index in [1.54, 1.807) is 0 Å². The molecule has 0 unspecified atom stereocenters. The maximum atomic E-state index is 10.1. The van der Waals surface area contributed by atoms with Gasteiger partial charge >= 0.3 is 37.7 Å². The molecule has 0 rings (SSSR count). The van der Waals surface area contributed by atoms with E-state index in [2.05, 4.69) is 24.4 Å². The van der Waals surface area contributed by atoms with Crippen molar-refractivity contribution in [3.63, 3.8) is 0 Å². The first-order chi connectivity index (χ1) is 7.36. The summed E-state index contributed by atoms with van der Waals surface area (Å²) in [4.78, 5) is 0. The normalized spacial score (nSPS) is 12.5. The Morgan fingerprint density at radius 3 is 1.24 bits per heavy atom. The van der Waals surface area contributed by atoms with Crippen molar-refractivity contribution in [2.75, 3.05) is 0 Å². The Balaban J connectivity index is -0.000000218. The Morgan fingerprint density at radius 1 is 0.941 bits per heavy atom. The summed E-state index contributed by atoms with van der Waals surface area (Å²) < 4.78 is 0. The molecule has 4 nitrogen and oxygen atoms in total. The Kier molecular flexibility index (Phi) is 20.4. The van der Waals surface area contributed by atoms with Crippen molar-refractivity contribution in [3.8, 4) is 0 Å². The predicted molar refractivity (Wildman–Crippen MR) is 72.8 cm³/mol. The Morgan fingerprint density at radius 2 is 1.18 bits per heavy atom. The molecule has 0 saturated heterocycles. The largest absolute Gasteiger partial charge is 2.00 e.